The molecule has 2 heterocycles. The summed E-state index contributed by atoms with van der Waals surface area (Å²) < 4.78 is 39.3. The van der Waals surface area contributed by atoms with Crippen LogP contribution in [0.3, 0.4) is 0 Å². The number of nitrogens with zero attached hydrogens (tertiary/aromatic N) is 3. The zero-order chi connectivity index (χ0) is 33.2. The van der Waals surface area contributed by atoms with Crippen molar-refractivity contribution < 1.29 is 37.1 Å². The van der Waals surface area contributed by atoms with Crippen LogP contribution in [0.15, 0.2) is 37.2 Å². The standard InChI is InChI=1S/C30H44N6O8S/c1-7-19-17-30(19,27(39)34-45(41,42)35(5)6)33-25(37)23-16-22(43-21-12-14-31-15-13-21)18-36(23)26(38)24(29(2,3)4)32-28(40)44-20-10-8-9-11-20/h7,12-15,19-20,22-24H,1,8-11,16-18H2,2-6H3,(H,32,40)(H,33,37)(H,34,39)/t19-,22-,23-,24-,30-/m1/s1. The number of aromatic nitrogens is 1. The maximum atomic E-state index is 14.2. The van der Waals surface area contributed by atoms with Crippen molar-refractivity contribution in [3.63, 3.8) is 0 Å². The lowest BCUT2D eigenvalue weighted by Crippen LogP contribution is -2.60. The minimum atomic E-state index is -4.14. The van der Waals surface area contributed by atoms with Crippen molar-refractivity contribution in [2.75, 3.05) is 20.6 Å². The number of rotatable bonds is 11. The van der Waals surface area contributed by atoms with E-state index < -0.39 is 69.1 Å². The predicted molar refractivity (Wildman–Crippen MR) is 164 cm³/mol. The molecule has 14 nitrogen and oxygen atoms in total. The van der Waals surface area contributed by atoms with Gasteiger partial charge >= 0.3 is 16.3 Å². The van der Waals surface area contributed by atoms with E-state index in [9.17, 15) is 27.6 Å². The van der Waals surface area contributed by atoms with E-state index in [4.69, 9.17) is 9.47 Å². The van der Waals surface area contributed by atoms with Crippen molar-refractivity contribution >= 4 is 34.0 Å². The van der Waals surface area contributed by atoms with E-state index in [2.05, 4.69) is 22.2 Å². The summed E-state index contributed by atoms with van der Waals surface area (Å²) >= 11 is 0. The molecule has 0 bridgehead atoms. The fraction of sp³-hybridized carbons (Fsp3) is 0.633. The van der Waals surface area contributed by atoms with E-state index in [-0.39, 0.29) is 25.5 Å². The van der Waals surface area contributed by atoms with Crippen LogP contribution in [0.5, 0.6) is 5.75 Å². The second-order valence-electron chi connectivity index (χ2n) is 13.1. The van der Waals surface area contributed by atoms with Gasteiger partial charge in [-0.3, -0.25) is 19.4 Å². The van der Waals surface area contributed by atoms with Gasteiger partial charge < -0.3 is 25.0 Å². The summed E-state index contributed by atoms with van der Waals surface area (Å²) in [7, 11) is -1.59. The van der Waals surface area contributed by atoms with Crippen molar-refractivity contribution in [3.8, 4) is 5.75 Å². The molecule has 4 amide bonds. The number of carbonyl (C=O) groups excluding carboxylic acids is 4. The van der Waals surface area contributed by atoms with Gasteiger partial charge in [-0.25, -0.2) is 9.52 Å². The molecule has 15 heteroatoms. The molecule has 2 aliphatic carbocycles. The highest BCUT2D eigenvalue weighted by molar-refractivity contribution is 7.87. The van der Waals surface area contributed by atoms with Gasteiger partial charge in [0.05, 0.1) is 6.54 Å². The molecule has 3 N–H and O–H groups in total. The monoisotopic (exact) mass is 648 g/mol. The van der Waals surface area contributed by atoms with Crippen molar-refractivity contribution in [2.45, 2.75) is 89.1 Å². The predicted octanol–water partition coefficient (Wildman–Crippen LogP) is 1.50. The third-order valence-corrected chi connectivity index (χ3v) is 9.91. The first-order chi connectivity index (χ1) is 21.1. The van der Waals surface area contributed by atoms with Gasteiger partial charge in [0.1, 0.15) is 35.6 Å². The minimum Gasteiger partial charge on any atom is -0.488 e. The number of carbonyl (C=O) groups is 4. The molecule has 2 saturated carbocycles. The normalized spacial score (nSPS) is 25.7. The number of nitrogens with one attached hydrogen (secondary N) is 3. The Morgan fingerprint density at radius 2 is 1.78 bits per heavy atom. The molecule has 1 saturated heterocycles. The fourth-order valence-electron chi connectivity index (χ4n) is 5.74. The summed E-state index contributed by atoms with van der Waals surface area (Å²) in [5.74, 6) is -2.11. The molecule has 0 unspecified atom stereocenters. The van der Waals surface area contributed by atoms with Gasteiger partial charge in [-0.15, -0.1) is 6.58 Å². The van der Waals surface area contributed by atoms with E-state index in [1.807, 2.05) is 4.72 Å². The topological polar surface area (TPSA) is 176 Å². The number of likely N-dealkylation sites (tertiary alicyclic amines) is 1. The Hall–Kier alpha value is -3.72. The maximum absolute atomic E-state index is 14.2. The molecule has 0 spiro atoms. The molecular formula is C30H44N6O8S. The van der Waals surface area contributed by atoms with Gasteiger partial charge in [0.25, 0.3) is 5.91 Å². The highest BCUT2D eigenvalue weighted by Crippen LogP contribution is 2.45. The number of amides is 4. The molecule has 1 aliphatic heterocycles. The molecule has 4 rings (SSSR count). The lowest BCUT2D eigenvalue weighted by atomic mass is 9.85. The first-order valence-electron chi connectivity index (χ1n) is 15.1. The maximum Gasteiger partial charge on any atom is 0.408 e. The minimum absolute atomic E-state index is 0.0181. The van der Waals surface area contributed by atoms with E-state index in [0.29, 0.717) is 5.75 Å². The summed E-state index contributed by atoms with van der Waals surface area (Å²) in [5.41, 5.74) is -2.32. The van der Waals surface area contributed by atoms with Crippen molar-refractivity contribution in [1.82, 2.24) is 29.5 Å². The molecule has 5 atom stereocenters. The van der Waals surface area contributed by atoms with Gasteiger partial charge in [-0.1, -0.05) is 26.8 Å². The molecular weight excluding hydrogens is 604 g/mol. The quantitative estimate of drug-likeness (QED) is 0.300. The molecule has 1 aromatic rings. The van der Waals surface area contributed by atoms with Crippen molar-refractivity contribution in [2.24, 2.45) is 11.3 Å². The van der Waals surface area contributed by atoms with Crippen molar-refractivity contribution in [3.05, 3.63) is 37.2 Å². The van der Waals surface area contributed by atoms with E-state index >= 15 is 0 Å². The number of ether oxygens (including phenoxy) is 2. The highest BCUT2D eigenvalue weighted by Gasteiger charge is 2.61. The summed E-state index contributed by atoms with van der Waals surface area (Å²) in [6, 6.07) is 1.16. The average molecular weight is 649 g/mol. The number of hydrogen-bond donors (Lipinski definition) is 3. The van der Waals surface area contributed by atoms with Crippen LogP contribution in [0.4, 0.5) is 4.79 Å². The van der Waals surface area contributed by atoms with Crippen molar-refractivity contribution in [1.29, 1.82) is 0 Å². The smallest absolute Gasteiger partial charge is 0.408 e. The molecule has 3 aliphatic rings. The Labute approximate surface area is 264 Å². The third-order valence-electron chi connectivity index (χ3n) is 8.51. The van der Waals surface area contributed by atoms with E-state index in [1.54, 1.807) is 45.3 Å². The lowest BCUT2D eigenvalue weighted by molar-refractivity contribution is -0.143. The number of alkyl carbamates (subject to hydrolysis) is 1. The molecule has 1 aromatic heterocycles. The Balaban J connectivity index is 1.58. The van der Waals surface area contributed by atoms with Gasteiger partial charge in [0.15, 0.2) is 0 Å². The average Bonchev–Trinajstić information content (AvgIpc) is 3.24. The summed E-state index contributed by atoms with van der Waals surface area (Å²) in [6.07, 6.45) is 6.75. The van der Waals surface area contributed by atoms with E-state index in [0.717, 1.165) is 30.0 Å². The fourth-order valence-corrected chi connectivity index (χ4v) is 6.34. The molecule has 248 valence electrons. The SMILES string of the molecule is C=C[C@@H]1C[C@]1(NC(=O)[C@H]1C[C@@H](Oc2ccncc2)CN1C(=O)[C@@H](NC(=O)OC1CCCC1)C(C)(C)C)C(=O)NS(=O)(=O)N(C)C. The summed E-state index contributed by atoms with van der Waals surface area (Å²) in [5, 5.41) is 5.46. The zero-order valence-corrected chi connectivity index (χ0v) is 27.3. The molecule has 0 aromatic carbocycles. The summed E-state index contributed by atoms with van der Waals surface area (Å²) in [4.78, 5) is 59.6. The Morgan fingerprint density at radius 3 is 2.33 bits per heavy atom. The van der Waals surface area contributed by atoms with Crippen LogP contribution in [0, 0.1) is 11.3 Å². The van der Waals surface area contributed by atoms with Gasteiger partial charge in [0, 0.05) is 38.8 Å². The largest absolute Gasteiger partial charge is 0.488 e. The molecule has 45 heavy (non-hydrogen) atoms. The number of hydrogen-bond acceptors (Lipinski definition) is 9. The molecule has 0 radical (unpaired) electrons. The van der Waals surface area contributed by atoms with E-state index in [1.165, 1.54) is 25.1 Å². The van der Waals surface area contributed by atoms with Crippen LogP contribution in [-0.4, -0.2) is 96.9 Å². The van der Waals surface area contributed by atoms with Gasteiger partial charge in [-0.05, 0) is 49.7 Å². The lowest BCUT2D eigenvalue weighted by Gasteiger charge is -2.35. The van der Waals surface area contributed by atoms with Gasteiger partial charge in [-0.2, -0.15) is 12.7 Å². The first kappa shape index (κ1) is 34.2. The van der Waals surface area contributed by atoms with Crippen LogP contribution in [0.1, 0.15) is 59.3 Å². The number of pyridine rings is 1. The van der Waals surface area contributed by atoms with Gasteiger partial charge in [0.2, 0.25) is 11.8 Å². The van der Waals surface area contributed by atoms with Crippen LogP contribution in [-0.2, 0) is 29.3 Å². The Morgan fingerprint density at radius 1 is 1.13 bits per heavy atom. The van der Waals surface area contributed by atoms with Crippen LogP contribution in [0.2, 0.25) is 0 Å². The van der Waals surface area contributed by atoms with Crippen LogP contribution < -0.4 is 20.1 Å². The highest BCUT2D eigenvalue weighted by atomic mass is 32.2. The second-order valence-corrected chi connectivity index (χ2v) is 15.0. The van der Waals surface area contributed by atoms with Crippen LogP contribution in [0.25, 0.3) is 0 Å². The third kappa shape index (κ3) is 7.93. The molecule has 3 fully saturated rings. The van der Waals surface area contributed by atoms with Crippen LogP contribution >= 0.6 is 0 Å². The zero-order valence-electron chi connectivity index (χ0n) is 26.4. The summed E-state index contributed by atoms with van der Waals surface area (Å²) in [6.45, 7) is 9.13. The Kier molecular flexibility index (Phi) is 10.1. The Bertz CT molecular complexity index is 1390. The second kappa shape index (κ2) is 13.3. The first-order valence-corrected chi connectivity index (χ1v) is 16.5.